The third kappa shape index (κ3) is 2.85. The maximum Gasteiger partial charge on any atom is 0.361 e. The molecule has 0 amide bonds. The molecule has 0 aliphatic rings. The van der Waals surface area contributed by atoms with E-state index in [2.05, 4.69) is 5.16 Å². The Morgan fingerprint density at radius 1 is 1.07 bits per heavy atom. The van der Waals surface area contributed by atoms with Crippen molar-refractivity contribution in [1.29, 1.82) is 0 Å². The fourth-order valence-electron chi connectivity index (χ4n) is 3.04. The molecule has 134 valence electrons. The second kappa shape index (κ2) is 6.64. The lowest BCUT2D eigenvalue weighted by atomic mass is 10.0. The highest BCUT2D eigenvalue weighted by Crippen LogP contribution is 2.35. The van der Waals surface area contributed by atoms with E-state index in [0.717, 1.165) is 16.5 Å². The van der Waals surface area contributed by atoms with Crippen molar-refractivity contribution in [2.75, 3.05) is 6.61 Å². The van der Waals surface area contributed by atoms with Crippen LogP contribution in [0.1, 0.15) is 34.7 Å². The van der Waals surface area contributed by atoms with Gasteiger partial charge in [-0.2, -0.15) is 0 Å². The predicted molar refractivity (Wildman–Crippen MR) is 101 cm³/mol. The maximum absolute atomic E-state index is 12.4. The Labute approximate surface area is 154 Å². The Bertz CT molecular complexity index is 1180. The van der Waals surface area contributed by atoms with Crippen molar-refractivity contribution in [1.82, 2.24) is 10.1 Å². The van der Waals surface area contributed by atoms with E-state index in [-0.39, 0.29) is 18.1 Å². The number of rotatable bonds is 4. The molecular formula is C21H16N2O4. The lowest BCUT2D eigenvalue weighted by molar-refractivity contribution is 0.0516. The number of para-hydroxylation sites is 1. The summed E-state index contributed by atoms with van der Waals surface area (Å²) in [6, 6.07) is 14.6. The number of aromatic nitrogens is 2. The van der Waals surface area contributed by atoms with Gasteiger partial charge in [0.15, 0.2) is 11.4 Å². The van der Waals surface area contributed by atoms with E-state index < -0.39 is 5.97 Å². The first-order chi connectivity index (χ1) is 13.1. The maximum atomic E-state index is 12.4. The Morgan fingerprint density at radius 2 is 1.81 bits per heavy atom. The van der Waals surface area contributed by atoms with Crippen molar-refractivity contribution in [3.8, 4) is 11.3 Å². The summed E-state index contributed by atoms with van der Waals surface area (Å²) in [6.07, 6.45) is 0. The molecule has 0 unspecified atom stereocenters. The van der Waals surface area contributed by atoms with Crippen molar-refractivity contribution in [3.05, 3.63) is 59.8 Å². The van der Waals surface area contributed by atoms with Crippen molar-refractivity contribution >= 4 is 33.6 Å². The third-order valence-electron chi connectivity index (χ3n) is 4.34. The molecule has 4 aromatic rings. The second-order valence-corrected chi connectivity index (χ2v) is 6.07. The molecule has 6 nitrogen and oxygen atoms in total. The van der Waals surface area contributed by atoms with Crippen LogP contribution in [0, 0.1) is 0 Å². The van der Waals surface area contributed by atoms with Crippen molar-refractivity contribution < 1.29 is 18.8 Å². The van der Waals surface area contributed by atoms with Gasteiger partial charge in [0.1, 0.15) is 0 Å². The molecule has 6 heteroatoms. The molecule has 0 bridgehead atoms. The molecule has 2 aromatic carbocycles. The highest BCUT2D eigenvalue weighted by molar-refractivity contribution is 6.14. The van der Waals surface area contributed by atoms with Crippen LogP contribution in [0.25, 0.3) is 33.1 Å². The third-order valence-corrected chi connectivity index (χ3v) is 4.34. The number of nitrogens with zero attached hydrogens (tertiary/aromatic N) is 2. The van der Waals surface area contributed by atoms with Crippen LogP contribution in [-0.4, -0.2) is 28.5 Å². The van der Waals surface area contributed by atoms with Gasteiger partial charge in [0.25, 0.3) is 0 Å². The Hall–Kier alpha value is -3.54. The SMILES string of the molecule is CCOC(=O)c1noc2c1c(-c1ccc(C(C)=O)cc1)nc1ccccc12. The van der Waals surface area contributed by atoms with E-state index in [0.29, 0.717) is 22.2 Å². The zero-order chi connectivity index (χ0) is 19.0. The predicted octanol–water partition coefficient (Wildman–Crippen LogP) is 4.42. The molecule has 0 N–H and O–H groups in total. The average molecular weight is 360 g/mol. The highest BCUT2D eigenvalue weighted by Gasteiger charge is 2.24. The van der Waals surface area contributed by atoms with E-state index >= 15 is 0 Å². The molecule has 2 aromatic heterocycles. The standard InChI is InChI=1S/C21H16N2O4/c1-3-26-21(25)19-17-18(14-10-8-13(9-11-14)12(2)24)22-16-7-5-4-6-15(16)20(17)27-23-19/h4-11H,3H2,1-2H3. The molecule has 0 aliphatic heterocycles. The van der Waals surface area contributed by atoms with E-state index in [1.807, 2.05) is 24.3 Å². The van der Waals surface area contributed by atoms with Gasteiger partial charge in [-0.25, -0.2) is 9.78 Å². The number of hydrogen-bond donors (Lipinski definition) is 0. The van der Waals surface area contributed by atoms with Gasteiger partial charge < -0.3 is 9.26 Å². The number of hydrogen-bond acceptors (Lipinski definition) is 6. The summed E-state index contributed by atoms with van der Waals surface area (Å²) in [7, 11) is 0. The van der Waals surface area contributed by atoms with Gasteiger partial charge in [-0.1, -0.05) is 41.6 Å². The second-order valence-electron chi connectivity index (χ2n) is 6.07. The first-order valence-corrected chi connectivity index (χ1v) is 8.56. The van der Waals surface area contributed by atoms with Gasteiger partial charge >= 0.3 is 5.97 Å². The summed E-state index contributed by atoms with van der Waals surface area (Å²) in [5, 5.41) is 5.22. The summed E-state index contributed by atoms with van der Waals surface area (Å²) in [6.45, 7) is 3.48. The summed E-state index contributed by atoms with van der Waals surface area (Å²) < 4.78 is 10.6. The van der Waals surface area contributed by atoms with Crippen LogP contribution in [0.4, 0.5) is 0 Å². The summed E-state index contributed by atoms with van der Waals surface area (Å²) in [4.78, 5) is 28.6. The van der Waals surface area contributed by atoms with Crippen molar-refractivity contribution in [2.45, 2.75) is 13.8 Å². The molecule has 0 radical (unpaired) electrons. The molecule has 4 rings (SSSR count). The van der Waals surface area contributed by atoms with Gasteiger partial charge in [-0.05, 0) is 26.0 Å². The number of esters is 1. The number of Topliss-reactive ketones (excluding diaryl/α,β-unsaturated/α-hetero) is 1. The Balaban J connectivity index is 2.02. The topological polar surface area (TPSA) is 82.3 Å². The molecule has 0 saturated heterocycles. The van der Waals surface area contributed by atoms with Crippen molar-refractivity contribution in [2.24, 2.45) is 0 Å². The molecule has 2 heterocycles. The Morgan fingerprint density at radius 3 is 2.52 bits per heavy atom. The number of fused-ring (bicyclic) bond motifs is 3. The van der Waals surface area contributed by atoms with Gasteiger partial charge in [-0.3, -0.25) is 4.79 Å². The summed E-state index contributed by atoms with van der Waals surface area (Å²) in [5.41, 5.74) is 3.21. The minimum Gasteiger partial charge on any atom is -0.461 e. The molecule has 0 spiro atoms. The van der Waals surface area contributed by atoms with Crippen LogP contribution < -0.4 is 0 Å². The van der Waals surface area contributed by atoms with Crippen LogP contribution >= 0.6 is 0 Å². The monoisotopic (exact) mass is 360 g/mol. The minimum absolute atomic E-state index is 0.0182. The molecule has 0 saturated carbocycles. The van der Waals surface area contributed by atoms with Gasteiger partial charge in [0.05, 0.1) is 23.2 Å². The van der Waals surface area contributed by atoms with Gasteiger partial charge in [0, 0.05) is 16.5 Å². The fourth-order valence-corrected chi connectivity index (χ4v) is 3.04. The first kappa shape index (κ1) is 16.9. The first-order valence-electron chi connectivity index (χ1n) is 8.56. The van der Waals surface area contributed by atoms with E-state index in [1.54, 1.807) is 31.2 Å². The zero-order valence-corrected chi connectivity index (χ0v) is 14.9. The number of benzene rings is 2. The van der Waals surface area contributed by atoms with Crippen LogP contribution in [0.2, 0.25) is 0 Å². The van der Waals surface area contributed by atoms with E-state index in [9.17, 15) is 9.59 Å². The van der Waals surface area contributed by atoms with Crippen LogP contribution in [0.15, 0.2) is 53.1 Å². The number of carbonyl (C=O) groups excluding carboxylic acids is 2. The summed E-state index contributed by atoms with van der Waals surface area (Å²) >= 11 is 0. The quantitative estimate of drug-likeness (QED) is 0.396. The van der Waals surface area contributed by atoms with Crippen LogP contribution in [-0.2, 0) is 4.74 Å². The minimum atomic E-state index is -0.560. The van der Waals surface area contributed by atoms with Gasteiger partial charge in [-0.15, -0.1) is 0 Å². The van der Waals surface area contributed by atoms with Gasteiger partial charge in [0.2, 0.25) is 5.69 Å². The van der Waals surface area contributed by atoms with E-state index in [1.165, 1.54) is 6.92 Å². The normalized spacial score (nSPS) is 11.0. The molecular weight excluding hydrogens is 344 g/mol. The smallest absolute Gasteiger partial charge is 0.361 e. The average Bonchev–Trinajstić information content (AvgIpc) is 3.13. The molecule has 0 fully saturated rings. The summed E-state index contributed by atoms with van der Waals surface area (Å²) in [5.74, 6) is -0.578. The Kier molecular flexibility index (Phi) is 4.16. The number of ether oxygens (including phenoxy) is 1. The van der Waals surface area contributed by atoms with Crippen molar-refractivity contribution in [3.63, 3.8) is 0 Å². The fraction of sp³-hybridized carbons (Fsp3) is 0.143. The molecule has 0 atom stereocenters. The van der Waals surface area contributed by atoms with Crippen LogP contribution in [0.5, 0.6) is 0 Å². The lowest BCUT2D eigenvalue weighted by Crippen LogP contribution is -2.06. The zero-order valence-electron chi connectivity index (χ0n) is 14.9. The van der Waals surface area contributed by atoms with Crippen LogP contribution in [0.3, 0.4) is 0 Å². The highest BCUT2D eigenvalue weighted by atomic mass is 16.5. The molecule has 27 heavy (non-hydrogen) atoms. The number of ketones is 1. The lowest BCUT2D eigenvalue weighted by Gasteiger charge is -2.07. The largest absolute Gasteiger partial charge is 0.461 e. The van der Waals surface area contributed by atoms with E-state index in [4.69, 9.17) is 14.2 Å². The number of carbonyl (C=O) groups is 2. The molecule has 0 aliphatic carbocycles. The number of pyridine rings is 1.